The van der Waals surface area contributed by atoms with E-state index in [4.69, 9.17) is 5.26 Å². The van der Waals surface area contributed by atoms with Crippen LogP contribution in [0.1, 0.15) is 63.0 Å². The molecule has 1 saturated carbocycles. The Balaban J connectivity index is 1.54. The van der Waals surface area contributed by atoms with E-state index in [1.807, 2.05) is 12.1 Å². The van der Waals surface area contributed by atoms with E-state index < -0.39 is 5.82 Å². The Hall–Kier alpha value is -2.14. The quantitative estimate of drug-likeness (QED) is 0.556. The minimum Gasteiger partial charge on any atom is -0.206 e. The van der Waals surface area contributed by atoms with E-state index in [1.165, 1.54) is 56.6 Å². The van der Waals surface area contributed by atoms with Gasteiger partial charge in [-0.1, -0.05) is 75.8 Å². The van der Waals surface area contributed by atoms with Gasteiger partial charge in [0.05, 0.1) is 5.56 Å². The van der Waals surface area contributed by atoms with Crippen LogP contribution in [0, 0.1) is 29.0 Å². The molecular weight excluding hydrogens is 321 g/mol. The number of halogens is 1. The molecular formula is C24H28FN. The van der Waals surface area contributed by atoms with Crippen molar-refractivity contribution in [3.05, 3.63) is 59.4 Å². The van der Waals surface area contributed by atoms with Gasteiger partial charge >= 0.3 is 0 Å². The number of hydrogen-bond donors (Lipinski definition) is 0. The van der Waals surface area contributed by atoms with Gasteiger partial charge in [-0.05, 0) is 53.5 Å². The van der Waals surface area contributed by atoms with Crippen molar-refractivity contribution in [3.63, 3.8) is 0 Å². The third-order valence-corrected chi connectivity index (χ3v) is 5.88. The lowest BCUT2D eigenvalue weighted by Gasteiger charge is -2.28. The molecule has 26 heavy (non-hydrogen) atoms. The van der Waals surface area contributed by atoms with Crippen molar-refractivity contribution in [2.45, 2.75) is 58.3 Å². The van der Waals surface area contributed by atoms with Gasteiger partial charge in [-0.15, -0.1) is 0 Å². The van der Waals surface area contributed by atoms with Crippen molar-refractivity contribution in [2.24, 2.45) is 11.8 Å². The number of aryl methyl sites for hydroxylation is 1. The van der Waals surface area contributed by atoms with E-state index in [1.54, 1.807) is 6.07 Å². The fraction of sp³-hybridized carbons (Fsp3) is 0.458. The van der Waals surface area contributed by atoms with Crippen LogP contribution < -0.4 is 0 Å². The van der Waals surface area contributed by atoms with E-state index in [0.717, 1.165) is 29.4 Å². The lowest BCUT2D eigenvalue weighted by molar-refractivity contribution is 0.252. The first-order chi connectivity index (χ1) is 12.7. The van der Waals surface area contributed by atoms with Gasteiger partial charge in [0, 0.05) is 0 Å². The summed E-state index contributed by atoms with van der Waals surface area (Å²) in [6, 6.07) is 15.1. The third kappa shape index (κ3) is 4.73. The predicted octanol–water partition coefficient (Wildman–Crippen LogP) is 6.90. The van der Waals surface area contributed by atoms with Gasteiger partial charge in [0.1, 0.15) is 11.9 Å². The maximum atomic E-state index is 13.8. The van der Waals surface area contributed by atoms with Crippen LogP contribution in [0.4, 0.5) is 4.39 Å². The van der Waals surface area contributed by atoms with Crippen LogP contribution in [0.3, 0.4) is 0 Å². The molecule has 2 heteroatoms. The molecule has 0 spiro atoms. The summed E-state index contributed by atoms with van der Waals surface area (Å²) in [4.78, 5) is 0. The van der Waals surface area contributed by atoms with Gasteiger partial charge in [-0.25, -0.2) is 4.39 Å². The lowest BCUT2D eigenvalue weighted by Crippen LogP contribution is -2.15. The standard InChI is InChI=1S/C24H28FN/c1-2-3-18-4-6-19(7-5-18)8-9-20-10-12-21(13-11-20)22-14-15-23(17-26)24(25)16-22/h10-16,18-19H,2-9H2,1H3. The second kappa shape index (κ2) is 8.99. The Bertz CT molecular complexity index is 749. The van der Waals surface area contributed by atoms with Gasteiger partial charge in [-0.2, -0.15) is 5.26 Å². The molecule has 0 amide bonds. The number of nitriles is 1. The predicted molar refractivity (Wildman–Crippen MR) is 105 cm³/mol. The molecule has 0 radical (unpaired) electrons. The Kier molecular flexibility index (Phi) is 6.45. The minimum absolute atomic E-state index is 0.0963. The topological polar surface area (TPSA) is 23.8 Å². The van der Waals surface area contributed by atoms with Crippen LogP contribution in [0.5, 0.6) is 0 Å². The molecule has 0 saturated heterocycles. The van der Waals surface area contributed by atoms with Crippen LogP contribution in [-0.2, 0) is 6.42 Å². The van der Waals surface area contributed by atoms with Crippen molar-refractivity contribution >= 4 is 0 Å². The summed E-state index contributed by atoms with van der Waals surface area (Å²) in [5.41, 5.74) is 3.28. The van der Waals surface area contributed by atoms with E-state index in [9.17, 15) is 4.39 Å². The molecule has 1 aliphatic carbocycles. The highest BCUT2D eigenvalue weighted by Gasteiger charge is 2.20. The summed E-state index contributed by atoms with van der Waals surface area (Å²) in [5, 5.41) is 8.83. The first-order valence-electron chi connectivity index (χ1n) is 9.98. The fourth-order valence-corrected chi connectivity index (χ4v) is 4.24. The largest absolute Gasteiger partial charge is 0.206 e. The molecule has 1 nitrogen and oxygen atoms in total. The van der Waals surface area contributed by atoms with Crippen molar-refractivity contribution in [2.75, 3.05) is 0 Å². The van der Waals surface area contributed by atoms with Crippen LogP contribution >= 0.6 is 0 Å². The van der Waals surface area contributed by atoms with Crippen molar-refractivity contribution < 1.29 is 4.39 Å². The van der Waals surface area contributed by atoms with E-state index >= 15 is 0 Å². The summed E-state index contributed by atoms with van der Waals surface area (Å²) in [7, 11) is 0. The molecule has 0 aromatic heterocycles. The average Bonchev–Trinajstić information content (AvgIpc) is 2.68. The average molecular weight is 349 g/mol. The third-order valence-electron chi connectivity index (χ3n) is 5.88. The summed E-state index contributed by atoms with van der Waals surface area (Å²) in [6.45, 7) is 2.29. The molecule has 0 atom stereocenters. The Labute approximate surface area is 156 Å². The van der Waals surface area contributed by atoms with Crippen molar-refractivity contribution in [1.29, 1.82) is 5.26 Å². The first kappa shape index (κ1) is 18.6. The zero-order valence-electron chi connectivity index (χ0n) is 15.7. The van der Waals surface area contributed by atoms with Gasteiger partial charge < -0.3 is 0 Å². The number of hydrogen-bond acceptors (Lipinski definition) is 1. The summed E-state index contributed by atoms with van der Waals surface area (Å²) in [5.74, 6) is 1.41. The first-order valence-corrected chi connectivity index (χ1v) is 9.98. The Morgan fingerprint density at radius 1 is 0.923 bits per heavy atom. The summed E-state index contributed by atoms with van der Waals surface area (Å²) < 4.78 is 13.8. The SMILES string of the molecule is CCCC1CCC(CCc2ccc(-c3ccc(C#N)c(F)c3)cc2)CC1. The highest BCUT2D eigenvalue weighted by atomic mass is 19.1. The minimum atomic E-state index is -0.451. The zero-order chi connectivity index (χ0) is 18.4. The van der Waals surface area contributed by atoms with E-state index in [-0.39, 0.29) is 5.56 Å². The van der Waals surface area contributed by atoms with Gasteiger partial charge in [0.15, 0.2) is 0 Å². The molecule has 1 aliphatic rings. The summed E-state index contributed by atoms with van der Waals surface area (Å²) >= 11 is 0. The molecule has 2 aromatic carbocycles. The molecule has 3 rings (SSSR count). The monoisotopic (exact) mass is 349 g/mol. The highest BCUT2D eigenvalue weighted by molar-refractivity contribution is 5.64. The Morgan fingerprint density at radius 3 is 2.12 bits per heavy atom. The fourth-order valence-electron chi connectivity index (χ4n) is 4.24. The van der Waals surface area contributed by atoms with Crippen molar-refractivity contribution in [3.8, 4) is 17.2 Å². The number of nitrogens with zero attached hydrogens (tertiary/aromatic N) is 1. The molecule has 136 valence electrons. The van der Waals surface area contributed by atoms with Crippen LogP contribution in [0.25, 0.3) is 11.1 Å². The highest BCUT2D eigenvalue weighted by Crippen LogP contribution is 2.34. The molecule has 0 N–H and O–H groups in total. The molecule has 1 fully saturated rings. The van der Waals surface area contributed by atoms with Gasteiger partial charge in [0.2, 0.25) is 0 Å². The van der Waals surface area contributed by atoms with Crippen molar-refractivity contribution in [1.82, 2.24) is 0 Å². The van der Waals surface area contributed by atoms with Crippen LogP contribution in [-0.4, -0.2) is 0 Å². The molecule has 0 bridgehead atoms. The molecule has 0 unspecified atom stereocenters. The second-order valence-corrected chi connectivity index (χ2v) is 7.72. The zero-order valence-corrected chi connectivity index (χ0v) is 15.7. The Morgan fingerprint density at radius 2 is 1.54 bits per heavy atom. The van der Waals surface area contributed by atoms with E-state index in [0.29, 0.717) is 0 Å². The number of rotatable bonds is 6. The van der Waals surface area contributed by atoms with Gasteiger partial charge in [0.25, 0.3) is 0 Å². The molecule has 2 aromatic rings. The smallest absolute Gasteiger partial charge is 0.141 e. The van der Waals surface area contributed by atoms with E-state index in [2.05, 4.69) is 31.2 Å². The van der Waals surface area contributed by atoms with Crippen LogP contribution in [0.15, 0.2) is 42.5 Å². The lowest BCUT2D eigenvalue weighted by atomic mass is 9.78. The normalized spacial score (nSPS) is 19.9. The molecule has 0 aliphatic heterocycles. The maximum Gasteiger partial charge on any atom is 0.141 e. The number of benzene rings is 2. The maximum absolute atomic E-state index is 13.8. The molecule has 0 heterocycles. The van der Waals surface area contributed by atoms with Crippen LogP contribution in [0.2, 0.25) is 0 Å². The van der Waals surface area contributed by atoms with Gasteiger partial charge in [-0.3, -0.25) is 0 Å². The summed E-state index contributed by atoms with van der Waals surface area (Å²) in [6.07, 6.45) is 10.8. The second-order valence-electron chi connectivity index (χ2n) is 7.72.